The van der Waals surface area contributed by atoms with Gasteiger partial charge < -0.3 is 15.1 Å². The van der Waals surface area contributed by atoms with Crippen LogP contribution in [-0.2, 0) is 4.79 Å². The normalized spacial score (nSPS) is 14.3. The van der Waals surface area contributed by atoms with Gasteiger partial charge in [0.1, 0.15) is 0 Å². The molecule has 0 atom stereocenters. The first-order valence-electron chi connectivity index (χ1n) is 7.71. The maximum absolute atomic E-state index is 13.6. The van der Waals surface area contributed by atoms with E-state index in [-0.39, 0.29) is 23.1 Å². The van der Waals surface area contributed by atoms with Crippen LogP contribution in [0.1, 0.15) is 10.4 Å². The van der Waals surface area contributed by atoms with E-state index in [1.165, 1.54) is 12.4 Å². The first-order chi connectivity index (χ1) is 12.5. The van der Waals surface area contributed by atoms with E-state index in [0.717, 1.165) is 18.5 Å². The molecule has 1 N–H and O–H groups in total. The summed E-state index contributed by atoms with van der Waals surface area (Å²) in [5.74, 6) is -4.65. The average Bonchev–Trinajstić information content (AvgIpc) is 2.68. The van der Waals surface area contributed by atoms with Crippen LogP contribution in [0.25, 0.3) is 0 Å². The number of nitrogens with zero attached hydrogens (tertiary/aromatic N) is 4. The summed E-state index contributed by atoms with van der Waals surface area (Å²) >= 11 is 0. The lowest BCUT2D eigenvalue weighted by molar-refractivity contribution is -0.119. The minimum atomic E-state index is -1.60. The largest absolute Gasteiger partial charge is 0.342 e. The van der Waals surface area contributed by atoms with Crippen molar-refractivity contribution in [3.05, 3.63) is 47.5 Å². The molecule has 136 valence electrons. The van der Waals surface area contributed by atoms with Crippen molar-refractivity contribution in [2.24, 2.45) is 0 Å². The zero-order chi connectivity index (χ0) is 18.7. The molecule has 7 nitrogen and oxygen atoms in total. The highest BCUT2D eigenvalue weighted by Crippen LogP contribution is 2.22. The van der Waals surface area contributed by atoms with Crippen molar-refractivity contribution in [2.75, 3.05) is 31.5 Å². The number of piperazine rings is 1. The Labute approximate surface area is 146 Å². The summed E-state index contributed by atoms with van der Waals surface area (Å²) in [5, 5.41) is 2.43. The number of amides is 2. The summed E-state index contributed by atoms with van der Waals surface area (Å²) in [7, 11) is 0. The van der Waals surface area contributed by atoms with Gasteiger partial charge in [-0.2, -0.15) is 0 Å². The Hall–Kier alpha value is -3.17. The molecule has 10 heteroatoms. The van der Waals surface area contributed by atoms with Crippen LogP contribution in [0.3, 0.4) is 0 Å². The highest BCUT2D eigenvalue weighted by Gasteiger charge is 2.22. The quantitative estimate of drug-likeness (QED) is 0.657. The molecule has 26 heavy (non-hydrogen) atoms. The zero-order valence-electron chi connectivity index (χ0n) is 13.5. The Bertz CT molecular complexity index is 823. The number of carbonyl (C=O) groups is 2. The molecular weight excluding hydrogens is 351 g/mol. The molecule has 0 radical (unpaired) electrons. The average molecular weight is 365 g/mol. The molecule has 3 rings (SSSR count). The minimum Gasteiger partial charge on any atom is -0.342 e. The summed E-state index contributed by atoms with van der Waals surface area (Å²) in [6, 6.07) is 1.79. The second kappa shape index (κ2) is 7.38. The van der Waals surface area contributed by atoms with Crippen molar-refractivity contribution >= 4 is 24.0 Å². The fourth-order valence-electron chi connectivity index (χ4n) is 2.46. The number of nitrogens with one attached hydrogen (secondary N) is 1. The van der Waals surface area contributed by atoms with Gasteiger partial charge in [-0.1, -0.05) is 0 Å². The predicted octanol–water partition coefficient (Wildman–Crippen LogP) is 1.55. The fourth-order valence-corrected chi connectivity index (χ4v) is 2.46. The van der Waals surface area contributed by atoms with E-state index in [1.807, 2.05) is 0 Å². The SMILES string of the molecule is O=CN1CCN(C(=O)c2cnc(Nc3ccc(F)c(F)c3F)nc2)CC1. The van der Waals surface area contributed by atoms with Gasteiger partial charge in [0.15, 0.2) is 17.5 Å². The topological polar surface area (TPSA) is 78.4 Å². The maximum Gasteiger partial charge on any atom is 0.257 e. The molecule has 1 aliphatic rings. The Morgan fingerprint density at radius 2 is 1.69 bits per heavy atom. The Balaban J connectivity index is 1.68. The molecule has 1 aliphatic heterocycles. The van der Waals surface area contributed by atoms with Crippen LogP contribution in [0.5, 0.6) is 0 Å². The molecule has 1 aromatic carbocycles. The van der Waals surface area contributed by atoms with Gasteiger partial charge in [-0.15, -0.1) is 0 Å². The van der Waals surface area contributed by atoms with Crippen LogP contribution in [0.2, 0.25) is 0 Å². The lowest BCUT2D eigenvalue weighted by Gasteiger charge is -2.32. The fraction of sp³-hybridized carbons (Fsp3) is 0.250. The number of hydrogen-bond acceptors (Lipinski definition) is 5. The summed E-state index contributed by atoms with van der Waals surface area (Å²) in [5.41, 5.74) is -0.103. The molecule has 2 aromatic rings. The second-order valence-electron chi connectivity index (χ2n) is 5.58. The molecule has 1 fully saturated rings. The van der Waals surface area contributed by atoms with Gasteiger partial charge in [-0.05, 0) is 12.1 Å². The van der Waals surface area contributed by atoms with E-state index in [4.69, 9.17) is 0 Å². The van der Waals surface area contributed by atoms with Gasteiger partial charge in [0.05, 0.1) is 11.3 Å². The minimum absolute atomic E-state index is 0.0720. The molecule has 1 saturated heterocycles. The van der Waals surface area contributed by atoms with Crippen molar-refractivity contribution in [1.29, 1.82) is 0 Å². The van der Waals surface area contributed by atoms with E-state index in [0.29, 0.717) is 26.2 Å². The summed E-state index contributed by atoms with van der Waals surface area (Å²) in [6.45, 7) is 1.70. The molecule has 2 heterocycles. The highest BCUT2D eigenvalue weighted by molar-refractivity contribution is 5.93. The summed E-state index contributed by atoms with van der Waals surface area (Å²) in [6.07, 6.45) is 3.24. The molecule has 0 bridgehead atoms. The van der Waals surface area contributed by atoms with E-state index < -0.39 is 17.5 Å². The van der Waals surface area contributed by atoms with Crippen molar-refractivity contribution in [3.8, 4) is 0 Å². The Morgan fingerprint density at radius 3 is 2.31 bits per heavy atom. The third-order valence-electron chi connectivity index (χ3n) is 3.93. The van der Waals surface area contributed by atoms with Crippen molar-refractivity contribution in [1.82, 2.24) is 19.8 Å². The van der Waals surface area contributed by atoms with Gasteiger partial charge in [-0.3, -0.25) is 9.59 Å². The van der Waals surface area contributed by atoms with Crippen LogP contribution in [0, 0.1) is 17.5 Å². The highest BCUT2D eigenvalue weighted by atomic mass is 19.2. The number of aromatic nitrogens is 2. The van der Waals surface area contributed by atoms with Gasteiger partial charge in [-0.25, -0.2) is 23.1 Å². The molecule has 2 amide bonds. The number of carbonyl (C=O) groups excluding carboxylic acids is 2. The number of halogens is 3. The van der Waals surface area contributed by atoms with Gasteiger partial charge >= 0.3 is 0 Å². The number of hydrogen-bond donors (Lipinski definition) is 1. The smallest absolute Gasteiger partial charge is 0.257 e. The van der Waals surface area contributed by atoms with Crippen LogP contribution in [0.4, 0.5) is 24.8 Å². The van der Waals surface area contributed by atoms with E-state index in [9.17, 15) is 22.8 Å². The molecule has 0 spiro atoms. The van der Waals surface area contributed by atoms with Crippen LogP contribution in [-0.4, -0.2) is 58.3 Å². The van der Waals surface area contributed by atoms with Crippen molar-refractivity contribution in [3.63, 3.8) is 0 Å². The van der Waals surface area contributed by atoms with Gasteiger partial charge in [0.2, 0.25) is 12.4 Å². The lowest BCUT2D eigenvalue weighted by atomic mass is 10.2. The standard InChI is InChI=1S/C16H14F3N5O2/c17-11-1-2-12(14(19)13(11)18)22-16-20-7-10(8-21-16)15(26)24-5-3-23(9-25)4-6-24/h1-2,7-9H,3-6H2,(H,20,21,22). The molecule has 0 unspecified atom stereocenters. The first kappa shape index (κ1) is 17.6. The molecule has 0 saturated carbocycles. The monoisotopic (exact) mass is 365 g/mol. The summed E-state index contributed by atoms with van der Waals surface area (Å²) < 4.78 is 39.8. The Kier molecular flexibility index (Phi) is 5.01. The Morgan fingerprint density at radius 1 is 1.04 bits per heavy atom. The number of anilines is 2. The number of benzene rings is 1. The molecule has 1 aromatic heterocycles. The van der Waals surface area contributed by atoms with Crippen LogP contribution >= 0.6 is 0 Å². The molecular formula is C16H14F3N5O2. The molecule has 0 aliphatic carbocycles. The lowest BCUT2D eigenvalue weighted by Crippen LogP contribution is -2.48. The maximum atomic E-state index is 13.6. The van der Waals surface area contributed by atoms with Crippen molar-refractivity contribution < 1.29 is 22.8 Å². The van der Waals surface area contributed by atoms with E-state index in [2.05, 4.69) is 15.3 Å². The predicted molar refractivity (Wildman–Crippen MR) is 85.2 cm³/mol. The third-order valence-corrected chi connectivity index (χ3v) is 3.93. The van der Waals surface area contributed by atoms with Gasteiger partial charge in [0, 0.05) is 38.6 Å². The number of rotatable bonds is 4. The third kappa shape index (κ3) is 3.58. The van der Waals surface area contributed by atoms with Gasteiger partial charge in [0.25, 0.3) is 5.91 Å². The second-order valence-corrected chi connectivity index (χ2v) is 5.58. The van der Waals surface area contributed by atoms with Crippen LogP contribution < -0.4 is 5.32 Å². The summed E-state index contributed by atoms with van der Waals surface area (Å²) in [4.78, 5) is 34.0. The zero-order valence-corrected chi connectivity index (χ0v) is 13.5. The van der Waals surface area contributed by atoms with E-state index >= 15 is 0 Å². The first-order valence-corrected chi connectivity index (χ1v) is 7.71. The van der Waals surface area contributed by atoms with Crippen molar-refractivity contribution in [2.45, 2.75) is 0 Å². The van der Waals surface area contributed by atoms with Crippen LogP contribution in [0.15, 0.2) is 24.5 Å². The van der Waals surface area contributed by atoms with E-state index in [1.54, 1.807) is 9.80 Å².